The van der Waals surface area contributed by atoms with Gasteiger partial charge in [0.15, 0.2) is 0 Å². The molecule has 0 bridgehead atoms. The summed E-state index contributed by atoms with van der Waals surface area (Å²) in [6, 6.07) is 0. The van der Waals surface area contributed by atoms with Crippen molar-refractivity contribution in [1.82, 2.24) is 5.32 Å². The average Bonchev–Trinajstić information content (AvgIpc) is 3.10. The molecule has 2 aliphatic rings. The number of carbonyl (C=O) groups excluding carboxylic acids is 2. The van der Waals surface area contributed by atoms with E-state index in [0.29, 0.717) is 36.2 Å². The average molecular weight is 393 g/mol. The highest BCUT2D eigenvalue weighted by Gasteiger charge is 2.54. The Kier molecular flexibility index (Phi) is 5.69. The number of amides is 2. The highest BCUT2D eigenvalue weighted by molar-refractivity contribution is 7.17. The Balaban J connectivity index is 1.91. The van der Waals surface area contributed by atoms with E-state index in [1.807, 2.05) is 6.92 Å². The molecule has 1 aliphatic carbocycles. The van der Waals surface area contributed by atoms with Gasteiger partial charge < -0.3 is 15.4 Å². The first-order chi connectivity index (χ1) is 12.7. The third-order valence-electron chi connectivity index (χ3n) is 7.04. The maximum atomic E-state index is 13.3. The third kappa shape index (κ3) is 3.42. The maximum absolute atomic E-state index is 13.3. The van der Waals surface area contributed by atoms with Gasteiger partial charge in [-0.2, -0.15) is 0 Å². The predicted molar refractivity (Wildman–Crippen MR) is 109 cm³/mol. The van der Waals surface area contributed by atoms with Crippen molar-refractivity contribution >= 4 is 28.2 Å². The van der Waals surface area contributed by atoms with Gasteiger partial charge in [0.25, 0.3) is 5.91 Å². The Morgan fingerprint density at radius 1 is 1.30 bits per heavy atom. The zero-order valence-electron chi connectivity index (χ0n) is 17.2. The molecule has 150 valence electrons. The Morgan fingerprint density at radius 2 is 2.04 bits per heavy atom. The van der Waals surface area contributed by atoms with Crippen molar-refractivity contribution in [3.63, 3.8) is 0 Å². The van der Waals surface area contributed by atoms with E-state index < -0.39 is 5.41 Å². The fourth-order valence-corrected chi connectivity index (χ4v) is 5.44. The van der Waals surface area contributed by atoms with Crippen molar-refractivity contribution in [1.29, 1.82) is 0 Å². The van der Waals surface area contributed by atoms with Crippen LogP contribution >= 0.6 is 11.3 Å². The summed E-state index contributed by atoms with van der Waals surface area (Å²) < 4.78 is 5.56. The molecule has 6 heteroatoms. The molecule has 2 heterocycles. The van der Waals surface area contributed by atoms with Gasteiger partial charge in [0.05, 0.1) is 24.2 Å². The van der Waals surface area contributed by atoms with Crippen molar-refractivity contribution in [2.45, 2.75) is 66.9 Å². The topological polar surface area (TPSA) is 67.4 Å². The van der Waals surface area contributed by atoms with Gasteiger partial charge in [-0.05, 0) is 42.6 Å². The summed E-state index contributed by atoms with van der Waals surface area (Å²) in [5.41, 5.74) is 1.17. The molecule has 1 saturated carbocycles. The minimum atomic E-state index is -0.440. The third-order valence-corrected chi connectivity index (χ3v) is 8.16. The van der Waals surface area contributed by atoms with Gasteiger partial charge in [-0.3, -0.25) is 9.59 Å². The number of hydrogen-bond acceptors (Lipinski definition) is 4. The van der Waals surface area contributed by atoms with Crippen LogP contribution in [0.25, 0.3) is 0 Å². The van der Waals surface area contributed by atoms with E-state index in [2.05, 4.69) is 38.3 Å². The van der Waals surface area contributed by atoms with Crippen LogP contribution < -0.4 is 10.6 Å². The lowest BCUT2D eigenvalue weighted by atomic mass is 9.65. The van der Waals surface area contributed by atoms with Crippen LogP contribution in [0.2, 0.25) is 0 Å². The number of thiophene rings is 1. The van der Waals surface area contributed by atoms with Crippen LogP contribution in [-0.4, -0.2) is 25.0 Å². The second-order valence-electron chi connectivity index (χ2n) is 8.71. The van der Waals surface area contributed by atoms with Crippen LogP contribution in [0, 0.1) is 16.7 Å². The van der Waals surface area contributed by atoms with Crippen LogP contribution in [0.3, 0.4) is 0 Å². The first-order valence-electron chi connectivity index (χ1n) is 10.0. The highest BCUT2D eigenvalue weighted by atomic mass is 32.1. The Hall–Kier alpha value is -1.40. The molecule has 5 nitrogen and oxygen atoms in total. The molecule has 1 aromatic heterocycles. The lowest BCUT2D eigenvalue weighted by Gasteiger charge is -2.39. The Bertz CT molecular complexity index is 740. The number of nitrogens with one attached hydrogen (secondary N) is 2. The molecule has 0 aromatic carbocycles. The molecule has 0 spiro atoms. The predicted octanol–water partition coefficient (Wildman–Crippen LogP) is 4.36. The maximum Gasteiger partial charge on any atom is 0.254 e. The van der Waals surface area contributed by atoms with Gasteiger partial charge in [0, 0.05) is 11.4 Å². The fraction of sp³-hybridized carbons (Fsp3) is 0.714. The van der Waals surface area contributed by atoms with E-state index in [1.165, 1.54) is 11.3 Å². The fourth-order valence-electron chi connectivity index (χ4n) is 4.27. The number of hydrogen-bond donors (Lipinski definition) is 2. The summed E-state index contributed by atoms with van der Waals surface area (Å²) in [6.07, 6.45) is 3.53. The van der Waals surface area contributed by atoms with E-state index in [0.717, 1.165) is 36.1 Å². The smallest absolute Gasteiger partial charge is 0.254 e. The summed E-state index contributed by atoms with van der Waals surface area (Å²) in [7, 11) is 0. The number of anilines is 1. The van der Waals surface area contributed by atoms with Crippen LogP contribution in [0.4, 0.5) is 5.00 Å². The minimum Gasteiger partial charge on any atom is -0.376 e. The number of rotatable bonds is 5. The van der Waals surface area contributed by atoms with Crippen molar-refractivity contribution in [2.24, 2.45) is 16.7 Å². The molecule has 3 rings (SSSR count). The quantitative estimate of drug-likeness (QED) is 0.782. The van der Waals surface area contributed by atoms with Crippen molar-refractivity contribution in [3.8, 4) is 0 Å². The molecule has 2 atom stereocenters. The number of carbonyl (C=O) groups is 2. The molecule has 0 saturated heterocycles. The second-order valence-corrected chi connectivity index (χ2v) is 9.82. The van der Waals surface area contributed by atoms with Gasteiger partial charge in [0.1, 0.15) is 5.00 Å². The summed E-state index contributed by atoms with van der Waals surface area (Å²) in [5, 5.41) is 6.80. The van der Waals surface area contributed by atoms with E-state index in [9.17, 15) is 9.59 Å². The molecule has 0 unspecified atom stereocenters. The molecule has 0 radical (unpaired) electrons. The first-order valence-corrected chi connectivity index (χ1v) is 10.9. The lowest BCUT2D eigenvalue weighted by Crippen LogP contribution is -2.43. The lowest BCUT2D eigenvalue weighted by molar-refractivity contribution is -0.130. The van der Waals surface area contributed by atoms with Gasteiger partial charge >= 0.3 is 0 Å². The van der Waals surface area contributed by atoms with Gasteiger partial charge in [-0.1, -0.05) is 34.6 Å². The van der Waals surface area contributed by atoms with Crippen molar-refractivity contribution in [2.75, 3.05) is 18.5 Å². The SMILES string of the molecule is CCCNC(=O)c1c(NC(=O)[C@]2(C)CC[C@H](C)C2(C)C)sc2c1CCOC2. The summed E-state index contributed by atoms with van der Waals surface area (Å²) >= 11 is 1.49. The zero-order chi connectivity index (χ0) is 19.8. The highest BCUT2D eigenvalue weighted by Crippen LogP contribution is 2.56. The molecular formula is C21H32N2O3S. The largest absolute Gasteiger partial charge is 0.376 e. The van der Waals surface area contributed by atoms with Crippen molar-refractivity contribution in [3.05, 3.63) is 16.0 Å². The van der Waals surface area contributed by atoms with Crippen LogP contribution in [0.5, 0.6) is 0 Å². The zero-order valence-corrected chi connectivity index (χ0v) is 18.0. The van der Waals surface area contributed by atoms with E-state index >= 15 is 0 Å². The van der Waals surface area contributed by atoms with Gasteiger partial charge in [-0.15, -0.1) is 11.3 Å². The van der Waals surface area contributed by atoms with Crippen molar-refractivity contribution < 1.29 is 14.3 Å². The molecule has 1 aliphatic heterocycles. The summed E-state index contributed by atoms with van der Waals surface area (Å²) in [6.45, 7) is 12.5. The van der Waals surface area contributed by atoms with Crippen LogP contribution in [-0.2, 0) is 22.6 Å². The standard InChI is InChI=1S/C21H32N2O3S/c1-6-10-22-17(24)16-14-8-11-26-12-15(14)27-18(16)23-19(25)21(5)9-7-13(2)20(21,3)4/h13H,6-12H2,1-5H3,(H,22,24)(H,23,25)/t13-,21-/m0/s1. The van der Waals surface area contributed by atoms with E-state index in [1.54, 1.807) is 0 Å². The van der Waals surface area contributed by atoms with E-state index in [4.69, 9.17) is 4.74 Å². The first kappa shape index (κ1) is 20.3. The van der Waals surface area contributed by atoms with Crippen LogP contribution in [0.15, 0.2) is 0 Å². The monoisotopic (exact) mass is 392 g/mol. The molecule has 1 aromatic rings. The normalized spacial score (nSPS) is 26.5. The molecule has 2 amide bonds. The second kappa shape index (κ2) is 7.55. The summed E-state index contributed by atoms with van der Waals surface area (Å²) in [4.78, 5) is 27.2. The van der Waals surface area contributed by atoms with E-state index in [-0.39, 0.29) is 17.2 Å². The number of fused-ring (bicyclic) bond motifs is 1. The summed E-state index contributed by atoms with van der Waals surface area (Å²) in [5.74, 6) is 0.433. The molecule has 2 N–H and O–H groups in total. The number of ether oxygens (including phenoxy) is 1. The Labute approximate surface area is 166 Å². The molecular weight excluding hydrogens is 360 g/mol. The molecule has 27 heavy (non-hydrogen) atoms. The van der Waals surface area contributed by atoms with Crippen LogP contribution in [0.1, 0.15) is 74.7 Å². The van der Waals surface area contributed by atoms with Gasteiger partial charge in [0.2, 0.25) is 5.91 Å². The van der Waals surface area contributed by atoms with Gasteiger partial charge in [-0.25, -0.2) is 0 Å². The Morgan fingerprint density at radius 3 is 2.67 bits per heavy atom. The molecule has 1 fully saturated rings. The minimum absolute atomic E-state index is 0.0286.